The predicted molar refractivity (Wildman–Crippen MR) is 148 cm³/mol. The monoisotopic (exact) mass is 486 g/mol. The number of rotatable bonds is 15. The first kappa shape index (κ1) is 28.4. The van der Waals surface area contributed by atoms with E-state index in [1.54, 1.807) is 0 Å². The first-order chi connectivity index (χ1) is 16.6. The minimum Gasteiger partial charge on any atom is -0.490 e. The van der Waals surface area contributed by atoms with Crippen LogP contribution in [0.15, 0.2) is 0 Å². The number of fused-ring (bicyclic) bond motifs is 1. The molecular formula is C32H54O3. The Kier molecular flexibility index (Phi) is 10.4. The van der Waals surface area contributed by atoms with Gasteiger partial charge in [-0.1, -0.05) is 72.6 Å². The van der Waals surface area contributed by atoms with Gasteiger partial charge < -0.3 is 14.2 Å². The summed E-state index contributed by atoms with van der Waals surface area (Å²) >= 11 is 0. The first-order valence-corrected chi connectivity index (χ1v) is 14.7. The van der Waals surface area contributed by atoms with Gasteiger partial charge in [-0.3, -0.25) is 0 Å². The van der Waals surface area contributed by atoms with Crippen molar-refractivity contribution in [2.75, 3.05) is 13.2 Å². The minimum absolute atomic E-state index is 0.0501. The molecule has 4 unspecified atom stereocenters. The first-order valence-electron chi connectivity index (χ1n) is 14.7. The van der Waals surface area contributed by atoms with Crippen LogP contribution in [0.2, 0.25) is 0 Å². The lowest BCUT2D eigenvalue weighted by Gasteiger charge is -2.38. The van der Waals surface area contributed by atoms with Crippen LogP contribution in [0.5, 0.6) is 11.5 Å². The maximum Gasteiger partial charge on any atom is 0.127 e. The Morgan fingerprint density at radius 3 is 2.06 bits per heavy atom. The lowest BCUT2D eigenvalue weighted by atomic mass is 9.83. The molecule has 2 heterocycles. The van der Waals surface area contributed by atoms with E-state index in [0.717, 1.165) is 55.1 Å². The summed E-state index contributed by atoms with van der Waals surface area (Å²) in [7, 11) is 0. The zero-order valence-corrected chi connectivity index (χ0v) is 24.2. The fourth-order valence-corrected chi connectivity index (χ4v) is 5.82. The van der Waals surface area contributed by atoms with Crippen LogP contribution in [0.1, 0.15) is 121 Å². The van der Waals surface area contributed by atoms with Crippen LogP contribution < -0.4 is 9.47 Å². The van der Waals surface area contributed by atoms with Gasteiger partial charge in [-0.25, -0.2) is 0 Å². The second-order valence-electron chi connectivity index (χ2n) is 12.7. The topological polar surface area (TPSA) is 31.0 Å². The lowest BCUT2D eigenvalue weighted by molar-refractivity contribution is 0.0511. The average Bonchev–Trinajstić information content (AvgIpc) is 3.61. The molecule has 3 rings (SSSR count). The van der Waals surface area contributed by atoms with Crippen molar-refractivity contribution in [3.05, 3.63) is 22.3 Å². The molecule has 2 aliphatic rings. The zero-order valence-electron chi connectivity index (χ0n) is 24.2. The molecule has 0 saturated carbocycles. The summed E-state index contributed by atoms with van der Waals surface area (Å²) in [5.74, 6) is 4.73. The Hall–Kier alpha value is -1.22. The van der Waals surface area contributed by atoms with Gasteiger partial charge in [0.25, 0.3) is 0 Å². The van der Waals surface area contributed by atoms with Gasteiger partial charge in [-0.15, -0.1) is 0 Å². The fourth-order valence-electron chi connectivity index (χ4n) is 5.82. The van der Waals surface area contributed by atoms with Crippen LogP contribution in [0, 0.1) is 38.5 Å². The molecule has 0 spiro atoms. The number of ether oxygens (including phenoxy) is 3. The molecular weight excluding hydrogens is 432 g/mol. The van der Waals surface area contributed by atoms with E-state index in [9.17, 15) is 0 Å². The van der Waals surface area contributed by atoms with E-state index in [-0.39, 0.29) is 11.7 Å². The van der Waals surface area contributed by atoms with Crippen LogP contribution >= 0.6 is 0 Å². The molecule has 1 fully saturated rings. The summed E-state index contributed by atoms with van der Waals surface area (Å²) in [6.07, 6.45) is 14.5. The van der Waals surface area contributed by atoms with E-state index in [1.165, 1.54) is 73.6 Å². The SMILES string of the molecule is Cc1c(C)c2c(c(C)c1OCC1CO1)CCC(C)(CCCC(C)CCCC(C)CCCC(C)C)O2. The number of hydrogen-bond acceptors (Lipinski definition) is 3. The van der Waals surface area contributed by atoms with E-state index in [1.807, 2.05) is 0 Å². The van der Waals surface area contributed by atoms with E-state index >= 15 is 0 Å². The van der Waals surface area contributed by atoms with Crippen molar-refractivity contribution in [1.82, 2.24) is 0 Å². The summed E-state index contributed by atoms with van der Waals surface area (Å²) in [5, 5.41) is 0. The van der Waals surface area contributed by atoms with Gasteiger partial charge in [0.05, 0.1) is 6.61 Å². The van der Waals surface area contributed by atoms with Gasteiger partial charge in [-0.2, -0.15) is 0 Å². The second kappa shape index (κ2) is 12.8. The molecule has 1 saturated heterocycles. The van der Waals surface area contributed by atoms with Crippen molar-refractivity contribution < 1.29 is 14.2 Å². The number of epoxide rings is 1. The smallest absolute Gasteiger partial charge is 0.127 e. The third-order valence-electron chi connectivity index (χ3n) is 8.65. The maximum absolute atomic E-state index is 6.77. The van der Waals surface area contributed by atoms with Crippen LogP contribution in [0.3, 0.4) is 0 Å². The molecule has 0 amide bonds. The van der Waals surface area contributed by atoms with Crippen molar-refractivity contribution >= 4 is 0 Å². The highest BCUT2D eigenvalue weighted by Crippen LogP contribution is 2.45. The van der Waals surface area contributed by atoms with Crippen molar-refractivity contribution in [2.45, 2.75) is 138 Å². The molecule has 0 aliphatic carbocycles. The normalized spacial score (nSPS) is 23.1. The Morgan fingerprint density at radius 1 is 0.857 bits per heavy atom. The predicted octanol–water partition coefficient (Wildman–Crippen LogP) is 8.91. The summed E-state index contributed by atoms with van der Waals surface area (Å²) < 4.78 is 18.3. The highest BCUT2D eigenvalue weighted by molar-refractivity contribution is 5.59. The molecule has 2 aliphatic heterocycles. The fraction of sp³-hybridized carbons (Fsp3) is 0.812. The molecule has 0 bridgehead atoms. The maximum atomic E-state index is 6.77. The van der Waals surface area contributed by atoms with Gasteiger partial charge in [0.15, 0.2) is 0 Å². The van der Waals surface area contributed by atoms with Crippen molar-refractivity contribution in [3.63, 3.8) is 0 Å². The highest BCUT2D eigenvalue weighted by Gasteiger charge is 2.35. The number of benzene rings is 1. The Balaban J connectivity index is 1.43. The zero-order chi connectivity index (χ0) is 25.6. The molecule has 35 heavy (non-hydrogen) atoms. The summed E-state index contributed by atoms with van der Waals surface area (Å²) in [5.41, 5.74) is 5.04. The Bertz CT molecular complexity index is 810. The highest BCUT2D eigenvalue weighted by atomic mass is 16.6. The van der Waals surface area contributed by atoms with Crippen LogP contribution in [0.25, 0.3) is 0 Å². The quantitative estimate of drug-likeness (QED) is 0.232. The molecule has 1 aromatic rings. The summed E-state index contributed by atoms with van der Waals surface area (Å²) in [6, 6.07) is 0. The third kappa shape index (κ3) is 8.41. The molecule has 3 nitrogen and oxygen atoms in total. The van der Waals surface area contributed by atoms with E-state index < -0.39 is 0 Å². The van der Waals surface area contributed by atoms with Crippen LogP contribution in [-0.4, -0.2) is 24.9 Å². The molecule has 0 N–H and O–H groups in total. The number of hydrogen-bond donors (Lipinski definition) is 0. The minimum atomic E-state index is -0.0501. The van der Waals surface area contributed by atoms with Crippen LogP contribution in [0.4, 0.5) is 0 Å². The standard InChI is InChI=1S/C32H54O3/c1-22(2)12-9-13-23(3)14-10-15-24(4)16-11-18-32(8)19-17-29-27(7)30(34-21-28-20-33-28)25(5)26(6)31(29)35-32/h22-24,28H,9-21H2,1-8H3. The van der Waals surface area contributed by atoms with E-state index in [2.05, 4.69) is 55.4 Å². The summed E-state index contributed by atoms with van der Waals surface area (Å²) in [6.45, 7) is 20.0. The van der Waals surface area contributed by atoms with Gasteiger partial charge in [0.1, 0.15) is 29.8 Å². The van der Waals surface area contributed by atoms with Crippen molar-refractivity contribution in [3.8, 4) is 11.5 Å². The van der Waals surface area contributed by atoms with Gasteiger partial charge >= 0.3 is 0 Å². The molecule has 200 valence electrons. The second-order valence-corrected chi connectivity index (χ2v) is 12.7. The van der Waals surface area contributed by atoms with Crippen molar-refractivity contribution in [2.24, 2.45) is 17.8 Å². The average molecular weight is 487 g/mol. The van der Waals surface area contributed by atoms with Gasteiger partial charge in [0, 0.05) is 5.56 Å². The molecule has 0 radical (unpaired) electrons. The Labute approximate surface area is 216 Å². The third-order valence-corrected chi connectivity index (χ3v) is 8.65. The van der Waals surface area contributed by atoms with Crippen molar-refractivity contribution in [1.29, 1.82) is 0 Å². The van der Waals surface area contributed by atoms with E-state index in [0.29, 0.717) is 6.61 Å². The largest absolute Gasteiger partial charge is 0.490 e. The van der Waals surface area contributed by atoms with Gasteiger partial charge in [0.2, 0.25) is 0 Å². The molecule has 4 atom stereocenters. The lowest BCUT2D eigenvalue weighted by Crippen LogP contribution is -2.37. The summed E-state index contributed by atoms with van der Waals surface area (Å²) in [4.78, 5) is 0. The van der Waals surface area contributed by atoms with Gasteiger partial charge in [-0.05, 0) is 87.8 Å². The molecule has 0 aromatic heterocycles. The van der Waals surface area contributed by atoms with E-state index in [4.69, 9.17) is 14.2 Å². The van der Waals surface area contributed by atoms with Crippen LogP contribution in [-0.2, 0) is 11.2 Å². The molecule has 3 heteroatoms. The Morgan fingerprint density at radius 2 is 1.46 bits per heavy atom. The molecule has 1 aromatic carbocycles.